The van der Waals surface area contributed by atoms with Crippen molar-refractivity contribution in [3.05, 3.63) is 22.2 Å². The summed E-state index contributed by atoms with van der Waals surface area (Å²) in [5, 5.41) is 3.57. The molecule has 0 aromatic heterocycles. The minimum Gasteiger partial charge on any atom is -0.493 e. The van der Waals surface area contributed by atoms with Gasteiger partial charge in [0.25, 0.3) is 0 Å². The molecule has 0 bridgehead atoms. The SMILES string of the molecule is CCCOc1c(Br)cc(CNC2(C)CC2)cc1OC. The normalized spacial score (nSPS) is 16.2. The first-order chi connectivity index (χ1) is 9.08. The Kier molecular flexibility index (Phi) is 4.74. The third kappa shape index (κ3) is 3.86. The maximum atomic E-state index is 5.73. The summed E-state index contributed by atoms with van der Waals surface area (Å²) < 4.78 is 12.1. The summed E-state index contributed by atoms with van der Waals surface area (Å²) in [6.45, 7) is 5.91. The van der Waals surface area contributed by atoms with E-state index in [1.807, 2.05) is 0 Å². The summed E-state index contributed by atoms with van der Waals surface area (Å²) in [5.41, 5.74) is 1.55. The maximum Gasteiger partial charge on any atom is 0.175 e. The summed E-state index contributed by atoms with van der Waals surface area (Å²) in [7, 11) is 1.68. The molecular weight excluding hydrogens is 306 g/mol. The molecule has 3 nitrogen and oxygen atoms in total. The van der Waals surface area contributed by atoms with Crippen LogP contribution >= 0.6 is 15.9 Å². The Morgan fingerprint density at radius 3 is 2.68 bits per heavy atom. The van der Waals surface area contributed by atoms with E-state index in [2.05, 4.69) is 47.2 Å². The number of hydrogen-bond donors (Lipinski definition) is 1. The predicted molar refractivity (Wildman–Crippen MR) is 81.0 cm³/mol. The van der Waals surface area contributed by atoms with Crippen LogP contribution in [0.2, 0.25) is 0 Å². The number of hydrogen-bond acceptors (Lipinski definition) is 3. The molecule has 0 saturated heterocycles. The van der Waals surface area contributed by atoms with Gasteiger partial charge < -0.3 is 14.8 Å². The molecule has 1 fully saturated rings. The first-order valence-electron chi connectivity index (χ1n) is 6.82. The van der Waals surface area contributed by atoms with Gasteiger partial charge in [-0.3, -0.25) is 0 Å². The lowest BCUT2D eigenvalue weighted by atomic mass is 10.2. The van der Waals surface area contributed by atoms with Gasteiger partial charge in [-0.25, -0.2) is 0 Å². The van der Waals surface area contributed by atoms with Crippen LogP contribution < -0.4 is 14.8 Å². The van der Waals surface area contributed by atoms with Gasteiger partial charge in [-0.2, -0.15) is 0 Å². The average molecular weight is 328 g/mol. The third-order valence-electron chi connectivity index (χ3n) is 3.46. The van der Waals surface area contributed by atoms with E-state index in [0.717, 1.165) is 28.9 Å². The van der Waals surface area contributed by atoms with Crippen molar-refractivity contribution < 1.29 is 9.47 Å². The first kappa shape index (κ1) is 14.7. The van der Waals surface area contributed by atoms with Crippen LogP contribution in [0.4, 0.5) is 0 Å². The van der Waals surface area contributed by atoms with E-state index in [-0.39, 0.29) is 0 Å². The van der Waals surface area contributed by atoms with Gasteiger partial charge in [-0.15, -0.1) is 0 Å². The van der Waals surface area contributed by atoms with E-state index in [0.29, 0.717) is 12.1 Å². The fourth-order valence-electron chi connectivity index (χ4n) is 1.90. The van der Waals surface area contributed by atoms with Crippen LogP contribution in [0.5, 0.6) is 11.5 Å². The van der Waals surface area contributed by atoms with Crippen molar-refractivity contribution in [2.45, 2.75) is 45.2 Å². The Balaban J connectivity index is 2.10. The highest BCUT2D eigenvalue weighted by Gasteiger charge is 2.36. The zero-order chi connectivity index (χ0) is 13.9. The van der Waals surface area contributed by atoms with Gasteiger partial charge in [0.2, 0.25) is 0 Å². The first-order valence-corrected chi connectivity index (χ1v) is 7.61. The van der Waals surface area contributed by atoms with Crippen molar-refractivity contribution in [1.29, 1.82) is 0 Å². The number of benzene rings is 1. The standard InChI is InChI=1S/C15H22BrNO2/c1-4-7-19-14-12(16)8-11(9-13(14)18-3)10-17-15(2)5-6-15/h8-9,17H,4-7,10H2,1-3H3. The molecule has 0 spiro atoms. The Morgan fingerprint density at radius 1 is 1.37 bits per heavy atom. The van der Waals surface area contributed by atoms with E-state index >= 15 is 0 Å². The second-order valence-corrected chi connectivity index (χ2v) is 6.23. The molecule has 0 heterocycles. The van der Waals surface area contributed by atoms with E-state index < -0.39 is 0 Å². The van der Waals surface area contributed by atoms with Crippen LogP contribution in [0, 0.1) is 0 Å². The summed E-state index contributed by atoms with van der Waals surface area (Å²) in [6, 6.07) is 4.15. The number of methoxy groups -OCH3 is 1. The molecule has 19 heavy (non-hydrogen) atoms. The average Bonchev–Trinajstić information content (AvgIpc) is 3.13. The van der Waals surface area contributed by atoms with Crippen LogP contribution in [-0.2, 0) is 6.54 Å². The topological polar surface area (TPSA) is 30.5 Å². The minimum atomic E-state index is 0.344. The number of halogens is 1. The van der Waals surface area contributed by atoms with Gasteiger partial charge in [0.1, 0.15) is 0 Å². The van der Waals surface area contributed by atoms with Crippen molar-refractivity contribution in [3.8, 4) is 11.5 Å². The fraction of sp³-hybridized carbons (Fsp3) is 0.600. The molecule has 1 saturated carbocycles. The highest BCUT2D eigenvalue weighted by Crippen LogP contribution is 2.38. The Hall–Kier alpha value is -0.740. The van der Waals surface area contributed by atoms with Crippen molar-refractivity contribution in [1.82, 2.24) is 5.32 Å². The van der Waals surface area contributed by atoms with Gasteiger partial charge in [0, 0.05) is 12.1 Å². The zero-order valence-electron chi connectivity index (χ0n) is 11.9. The molecule has 4 heteroatoms. The van der Waals surface area contributed by atoms with Crippen molar-refractivity contribution >= 4 is 15.9 Å². The largest absolute Gasteiger partial charge is 0.493 e. The molecule has 0 amide bonds. The summed E-state index contributed by atoms with van der Waals surface area (Å²) >= 11 is 3.57. The van der Waals surface area contributed by atoms with Gasteiger partial charge in [0.05, 0.1) is 18.2 Å². The fourth-order valence-corrected chi connectivity index (χ4v) is 2.50. The van der Waals surface area contributed by atoms with Crippen LogP contribution in [0.3, 0.4) is 0 Å². The van der Waals surface area contributed by atoms with Gasteiger partial charge in [0.15, 0.2) is 11.5 Å². The van der Waals surface area contributed by atoms with Crippen LogP contribution in [-0.4, -0.2) is 19.3 Å². The number of rotatable bonds is 7. The van der Waals surface area contributed by atoms with E-state index in [1.54, 1.807) is 7.11 Å². The lowest BCUT2D eigenvalue weighted by Crippen LogP contribution is -2.26. The van der Waals surface area contributed by atoms with Gasteiger partial charge >= 0.3 is 0 Å². The summed E-state index contributed by atoms with van der Waals surface area (Å²) in [4.78, 5) is 0. The number of nitrogens with one attached hydrogen (secondary N) is 1. The maximum absolute atomic E-state index is 5.73. The molecule has 0 atom stereocenters. The molecule has 1 aliphatic rings. The predicted octanol–water partition coefficient (Wildman–Crippen LogP) is 3.89. The Morgan fingerprint density at radius 2 is 2.11 bits per heavy atom. The quantitative estimate of drug-likeness (QED) is 0.824. The van der Waals surface area contributed by atoms with Crippen LogP contribution in [0.25, 0.3) is 0 Å². The van der Waals surface area contributed by atoms with Gasteiger partial charge in [-0.05, 0) is 59.8 Å². The minimum absolute atomic E-state index is 0.344. The van der Waals surface area contributed by atoms with E-state index in [1.165, 1.54) is 18.4 Å². The van der Waals surface area contributed by atoms with Crippen LogP contribution in [0.15, 0.2) is 16.6 Å². The molecule has 0 radical (unpaired) electrons. The van der Waals surface area contributed by atoms with Crippen molar-refractivity contribution in [2.75, 3.05) is 13.7 Å². The highest BCUT2D eigenvalue weighted by atomic mass is 79.9. The Bertz CT molecular complexity index is 444. The molecule has 106 valence electrons. The molecule has 0 unspecified atom stereocenters. The molecule has 1 aliphatic carbocycles. The molecule has 2 rings (SSSR count). The summed E-state index contributed by atoms with van der Waals surface area (Å²) in [6.07, 6.45) is 3.52. The summed E-state index contributed by atoms with van der Waals surface area (Å²) in [5.74, 6) is 1.59. The van der Waals surface area contributed by atoms with Crippen molar-refractivity contribution in [2.24, 2.45) is 0 Å². The van der Waals surface area contributed by atoms with Crippen LogP contribution in [0.1, 0.15) is 38.7 Å². The molecular formula is C15H22BrNO2. The van der Waals surface area contributed by atoms with Crippen molar-refractivity contribution in [3.63, 3.8) is 0 Å². The van der Waals surface area contributed by atoms with E-state index in [9.17, 15) is 0 Å². The van der Waals surface area contributed by atoms with E-state index in [4.69, 9.17) is 9.47 Å². The Labute approximate surface area is 123 Å². The lowest BCUT2D eigenvalue weighted by Gasteiger charge is -2.16. The second kappa shape index (κ2) is 6.14. The monoisotopic (exact) mass is 327 g/mol. The second-order valence-electron chi connectivity index (χ2n) is 5.37. The van der Waals surface area contributed by atoms with Gasteiger partial charge in [-0.1, -0.05) is 6.92 Å². The molecule has 0 aliphatic heterocycles. The highest BCUT2D eigenvalue weighted by molar-refractivity contribution is 9.10. The molecule has 1 aromatic carbocycles. The molecule has 1 N–H and O–H groups in total. The lowest BCUT2D eigenvalue weighted by molar-refractivity contribution is 0.292. The zero-order valence-corrected chi connectivity index (χ0v) is 13.5. The third-order valence-corrected chi connectivity index (χ3v) is 4.05. The number of ether oxygens (including phenoxy) is 2. The smallest absolute Gasteiger partial charge is 0.175 e. The molecule has 1 aromatic rings.